The van der Waals surface area contributed by atoms with E-state index in [0.29, 0.717) is 30.9 Å². The van der Waals surface area contributed by atoms with Gasteiger partial charge in [-0.05, 0) is 6.07 Å². The van der Waals surface area contributed by atoms with Gasteiger partial charge >= 0.3 is 13.4 Å². The van der Waals surface area contributed by atoms with Crippen molar-refractivity contribution in [1.82, 2.24) is 39.1 Å². The maximum Gasteiger partial charge on any atom is 0.406 e. The summed E-state index contributed by atoms with van der Waals surface area (Å²) >= 11 is 0. The number of aromatic nitrogens is 6. The maximum absolute atomic E-state index is 14.2. The minimum Gasteiger partial charge on any atom is -0.394 e. The van der Waals surface area contributed by atoms with Gasteiger partial charge in [0.2, 0.25) is 5.95 Å². The third-order valence-electron chi connectivity index (χ3n) is 8.02. The van der Waals surface area contributed by atoms with Crippen LogP contribution < -0.4 is 28.0 Å². The van der Waals surface area contributed by atoms with Crippen molar-refractivity contribution in [2.75, 3.05) is 69.8 Å². The van der Waals surface area contributed by atoms with Crippen molar-refractivity contribution in [3.8, 4) is 0 Å². The molecule has 0 aliphatic carbocycles. The highest BCUT2D eigenvalue weighted by Crippen LogP contribution is 2.49. The van der Waals surface area contributed by atoms with Gasteiger partial charge in [-0.1, -0.05) is 0 Å². The Morgan fingerprint density at radius 3 is 2.59 bits per heavy atom. The molecule has 3 aliphatic rings. The number of nitrogens with one attached hydrogen (secondary N) is 1. The molecule has 3 unspecified atom stereocenters. The van der Waals surface area contributed by atoms with Crippen LogP contribution in [0.5, 0.6) is 0 Å². The maximum atomic E-state index is 14.2. The lowest BCUT2D eigenvalue weighted by molar-refractivity contribution is -0.0521. The predicted octanol–water partition coefficient (Wildman–Crippen LogP) is -1.81. The second kappa shape index (κ2) is 13.8. The normalized spacial score (nSPS) is 28.6. The second-order valence-electron chi connectivity index (χ2n) is 11.1. The molecular formula is C25H38N11O9P. The molecule has 21 heteroatoms. The predicted molar refractivity (Wildman–Crippen MR) is 161 cm³/mol. The van der Waals surface area contributed by atoms with Gasteiger partial charge in [-0.25, -0.2) is 19.4 Å². The molecule has 0 saturated carbocycles. The zero-order valence-corrected chi connectivity index (χ0v) is 25.7. The Morgan fingerprint density at radius 1 is 1.07 bits per heavy atom. The summed E-state index contributed by atoms with van der Waals surface area (Å²) in [6, 6.07) is 1.44. The number of nitrogen functional groups attached to an aromatic ring is 3. The smallest absolute Gasteiger partial charge is 0.394 e. The monoisotopic (exact) mass is 667 g/mol. The lowest BCUT2D eigenvalue weighted by atomic mass is 10.2. The summed E-state index contributed by atoms with van der Waals surface area (Å²) in [7, 11) is -4.12. The standard InChI is InChI=1S/C25H38N11O9P/c26-18-1-3-35(25(39)31-18)20-10-15(16(11-37)43-20)45-46(40,30-2-4-34-5-7-41-8-6-34)42-12-17-14(38)9-19(44-17)36-13-29-21-22(27)32-24(28)33-23(21)36/h1,3,13-17,19-20,37-38H,2,4-12H2,(H,30,40)(H2,26,31,39)(H4,27,28,32,33)/t14?,15?,16-,17-,19-,20-,46?/m1/s1. The van der Waals surface area contributed by atoms with Crippen molar-refractivity contribution in [2.24, 2.45) is 0 Å². The number of morpholine rings is 1. The number of hydrogen-bond acceptors (Lipinski definition) is 17. The van der Waals surface area contributed by atoms with E-state index < -0.39 is 56.9 Å². The molecule has 7 atom stereocenters. The minimum absolute atomic E-state index is 0.0386. The van der Waals surface area contributed by atoms with Gasteiger partial charge in [-0.2, -0.15) is 15.0 Å². The fourth-order valence-corrected chi connectivity index (χ4v) is 7.15. The summed E-state index contributed by atoms with van der Waals surface area (Å²) in [6.45, 7) is 2.61. The molecule has 252 valence electrons. The van der Waals surface area contributed by atoms with Crippen LogP contribution >= 0.6 is 7.75 Å². The summed E-state index contributed by atoms with van der Waals surface area (Å²) in [5.41, 5.74) is 17.3. The van der Waals surface area contributed by atoms with Gasteiger partial charge in [-0.3, -0.25) is 23.1 Å². The molecule has 3 aromatic rings. The van der Waals surface area contributed by atoms with E-state index in [1.54, 1.807) is 4.57 Å². The minimum atomic E-state index is -4.12. The molecule has 0 amide bonds. The topological polar surface area (TPSA) is 276 Å². The molecule has 0 radical (unpaired) electrons. The third kappa shape index (κ3) is 7.15. The van der Waals surface area contributed by atoms with Crippen molar-refractivity contribution in [3.63, 3.8) is 0 Å². The molecule has 9 N–H and O–H groups in total. The molecule has 3 aromatic heterocycles. The van der Waals surface area contributed by atoms with Crippen molar-refractivity contribution >= 4 is 36.5 Å². The molecule has 3 aliphatic heterocycles. The van der Waals surface area contributed by atoms with Crippen LogP contribution in [0.25, 0.3) is 11.2 Å². The third-order valence-corrected chi connectivity index (χ3v) is 9.67. The van der Waals surface area contributed by atoms with Gasteiger partial charge in [0.25, 0.3) is 0 Å². The first-order chi connectivity index (χ1) is 22.1. The number of anilines is 3. The number of imidazole rings is 1. The molecule has 46 heavy (non-hydrogen) atoms. The molecule has 6 heterocycles. The fourth-order valence-electron chi connectivity index (χ4n) is 5.63. The number of aliphatic hydroxyl groups excluding tert-OH is 2. The van der Waals surface area contributed by atoms with Crippen LogP contribution in [-0.2, 0) is 27.8 Å². The molecule has 20 nitrogen and oxygen atoms in total. The number of nitrogens with zero attached hydrogens (tertiary/aromatic N) is 7. The zero-order chi connectivity index (χ0) is 32.4. The first-order valence-electron chi connectivity index (χ1n) is 14.8. The SMILES string of the molecule is Nc1ccn([C@H]2CC(OP(=O)(NCCN3CCOCC3)OC[C@H]3O[C@@H](n4cnc5c(N)nc(N)nc54)CC3O)[C@@H](CO)O2)c(=O)n1. The largest absolute Gasteiger partial charge is 0.406 e. The van der Waals surface area contributed by atoms with Gasteiger partial charge in [0.05, 0.1) is 38.9 Å². The highest BCUT2D eigenvalue weighted by molar-refractivity contribution is 7.51. The second-order valence-corrected chi connectivity index (χ2v) is 12.9. The van der Waals surface area contributed by atoms with E-state index in [4.69, 9.17) is 40.5 Å². The van der Waals surface area contributed by atoms with Crippen molar-refractivity contribution in [3.05, 3.63) is 29.1 Å². The Balaban J connectivity index is 1.15. The van der Waals surface area contributed by atoms with Crippen molar-refractivity contribution in [1.29, 1.82) is 0 Å². The molecule has 6 rings (SSSR count). The van der Waals surface area contributed by atoms with Crippen LogP contribution in [0, 0.1) is 0 Å². The van der Waals surface area contributed by atoms with Crippen molar-refractivity contribution in [2.45, 2.75) is 49.7 Å². The van der Waals surface area contributed by atoms with E-state index in [1.807, 2.05) is 0 Å². The molecule has 3 saturated heterocycles. The van der Waals surface area contributed by atoms with E-state index in [-0.39, 0.29) is 43.6 Å². The number of ether oxygens (including phenoxy) is 3. The van der Waals surface area contributed by atoms with E-state index >= 15 is 0 Å². The highest BCUT2D eigenvalue weighted by Gasteiger charge is 2.44. The van der Waals surface area contributed by atoms with Crippen molar-refractivity contribution < 1.29 is 38.0 Å². The van der Waals surface area contributed by atoms with Crippen LogP contribution in [0.1, 0.15) is 25.3 Å². The van der Waals surface area contributed by atoms with Gasteiger partial charge in [0, 0.05) is 45.2 Å². The number of nitrogens with two attached hydrogens (primary N) is 3. The van der Waals surface area contributed by atoms with E-state index in [0.717, 1.165) is 13.1 Å². The molecule has 0 spiro atoms. The summed E-state index contributed by atoms with van der Waals surface area (Å²) in [6.07, 6.45) is -2.24. The number of rotatable bonds is 12. The van der Waals surface area contributed by atoms with E-state index in [9.17, 15) is 19.6 Å². The summed E-state index contributed by atoms with van der Waals surface area (Å²) in [5, 5.41) is 23.8. The van der Waals surface area contributed by atoms with Crippen LogP contribution in [0.3, 0.4) is 0 Å². The van der Waals surface area contributed by atoms with E-state index in [2.05, 4.69) is 29.9 Å². The zero-order valence-electron chi connectivity index (χ0n) is 24.8. The van der Waals surface area contributed by atoms with Gasteiger partial charge in [0.1, 0.15) is 42.1 Å². The van der Waals surface area contributed by atoms with Crippen LogP contribution in [0.15, 0.2) is 23.4 Å². The lowest BCUT2D eigenvalue weighted by Gasteiger charge is -2.29. The average molecular weight is 668 g/mol. The summed E-state index contributed by atoms with van der Waals surface area (Å²) in [5.74, 6) is 0.121. The first-order valence-corrected chi connectivity index (χ1v) is 16.3. The fraction of sp³-hybridized carbons (Fsp3) is 0.640. The number of fused-ring (bicyclic) bond motifs is 1. The quantitative estimate of drug-likeness (QED) is 0.116. The lowest BCUT2D eigenvalue weighted by Crippen LogP contribution is -2.40. The molecule has 3 fully saturated rings. The molecular weight excluding hydrogens is 629 g/mol. The number of hydrogen-bond donors (Lipinski definition) is 6. The van der Waals surface area contributed by atoms with Crippen LogP contribution in [0.2, 0.25) is 0 Å². The Bertz CT molecular complexity index is 1620. The Kier molecular flexibility index (Phi) is 9.80. The summed E-state index contributed by atoms with van der Waals surface area (Å²) < 4.78 is 46.2. The highest BCUT2D eigenvalue weighted by atomic mass is 31.2. The first kappa shape index (κ1) is 32.6. The summed E-state index contributed by atoms with van der Waals surface area (Å²) in [4.78, 5) is 30.6. The van der Waals surface area contributed by atoms with Gasteiger partial charge < -0.3 is 41.6 Å². The van der Waals surface area contributed by atoms with Crippen LogP contribution in [0.4, 0.5) is 17.6 Å². The number of aliphatic hydroxyl groups is 2. The van der Waals surface area contributed by atoms with Gasteiger partial charge in [0.15, 0.2) is 11.5 Å². The Morgan fingerprint density at radius 2 is 1.83 bits per heavy atom. The Hall–Kier alpha value is -3.30. The van der Waals surface area contributed by atoms with Gasteiger partial charge in [-0.15, -0.1) is 0 Å². The molecule has 0 aromatic carbocycles. The Labute approximate surface area is 262 Å². The van der Waals surface area contributed by atoms with E-state index in [1.165, 1.54) is 23.2 Å². The molecule has 0 bridgehead atoms. The average Bonchev–Trinajstić information content (AvgIpc) is 3.73. The van der Waals surface area contributed by atoms with Crippen LogP contribution in [-0.4, -0.2) is 121 Å².